The third kappa shape index (κ3) is 4.93. The van der Waals surface area contributed by atoms with Crippen molar-refractivity contribution in [2.75, 3.05) is 33.4 Å². The standard InChI is InChI=1S/C15H24N4O4.ClH/c1-18-13(21)3-8-19(14(18)22)9-12(20)17-10-15(11-23-2)4-6-16-7-5-15;/h3,8,16H,4-7,9-11H2,1-2H3,(H,17,20);1H. The van der Waals surface area contributed by atoms with Gasteiger partial charge in [0.25, 0.3) is 5.56 Å². The molecule has 1 aliphatic rings. The van der Waals surface area contributed by atoms with E-state index in [4.69, 9.17) is 4.74 Å². The molecule has 2 N–H and O–H groups in total. The predicted molar refractivity (Wildman–Crippen MR) is 92.6 cm³/mol. The Morgan fingerprint density at radius 3 is 2.67 bits per heavy atom. The van der Waals surface area contributed by atoms with Crippen LogP contribution in [0, 0.1) is 5.41 Å². The number of hydrogen-bond acceptors (Lipinski definition) is 5. The molecule has 0 spiro atoms. The van der Waals surface area contributed by atoms with Crippen molar-refractivity contribution in [2.24, 2.45) is 12.5 Å². The predicted octanol–water partition coefficient (Wildman–Crippen LogP) is -0.899. The highest BCUT2D eigenvalue weighted by Gasteiger charge is 2.32. The second-order valence-corrected chi connectivity index (χ2v) is 6.08. The van der Waals surface area contributed by atoms with Crippen LogP contribution in [0.25, 0.3) is 0 Å². The fraction of sp³-hybridized carbons (Fsp3) is 0.667. The summed E-state index contributed by atoms with van der Waals surface area (Å²) in [5.41, 5.74) is -0.953. The average Bonchev–Trinajstić information content (AvgIpc) is 2.55. The number of nitrogens with zero attached hydrogens (tertiary/aromatic N) is 2. The number of rotatable bonds is 6. The summed E-state index contributed by atoms with van der Waals surface area (Å²) >= 11 is 0. The molecule has 0 unspecified atom stereocenters. The van der Waals surface area contributed by atoms with E-state index >= 15 is 0 Å². The van der Waals surface area contributed by atoms with E-state index in [2.05, 4.69) is 10.6 Å². The van der Waals surface area contributed by atoms with Gasteiger partial charge in [0, 0.05) is 38.4 Å². The van der Waals surface area contributed by atoms with Gasteiger partial charge in [0.05, 0.1) is 6.61 Å². The van der Waals surface area contributed by atoms with Crippen molar-refractivity contribution in [1.29, 1.82) is 0 Å². The van der Waals surface area contributed by atoms with Crippen molar-refractivity contribution in [3.05, 3.63) is 33.1 Å². The van der Waals surface area contributed by atoms with E-state index in [1.807, 2.05) is 0 Å². The number of amides is 1. The normalized spacial score (nSPS) is 16.2. The molecule has 24 heavy (non-hydrogen) atoms. The summed E-state index contributed by atoms with van der Waals surface area (Å²) in [6.07, 6.45) is 3.21. The number of aromatic nitrogens is 2. The lowest BCUT2D eigenvalue weighted by Gasteiger charge is -2.37. The van der Waals surface area contributed by atoms with Gasteiger partial charge < -0.3 is 15.4 Å². The van der Waals surface area contributed by atoms with Crippen LogP contribution in [0.2, 0.25) is 0 Å². The molecule has 1 aromatic rings. The number of methoxy groups -OCH3 is 1. The molecule has 0 atom stereocenters. The average molecular weight is 361 g/mol. The van der Waals surface area contributed by atoms with E-state index in [0.29, 0.717) is 13.2 Å². The number of carbonyl (C=O) groups is 1. The molecule has 136 valence electrons. The number of halogens is 1. The zero-order valence-corrected chi connectivity index (χ0v) is 14.9. The summed E-state index contributed by atoms with van der Waals surface area (Å²) in [6.45, 7) is 2.81. The van der Waals surface area contributed by atoms with Crippen molar-refractivity contribution in [3.8, 4) is 0 Å². The maximum Gasteiger partial charge on any atom is 0.331 e. The van der Waals surface area contributed by atoms with E-state index in [-0.39, 0.29) is 35.8 Å². The Hall–Kier alpha value is -1.64. The molecule has 1 saturated heterocycles. The molecule has 0 aliphatic carbocycles. The largest absolute Gasteiger partial charge is 0.384 e. The molecule has 1 aromatic heterocycles. The van der Waals surface area contributed by atoms with E-state index in [1.165, 1.54) is 23.9 Å². The van der Waals surface area contributed by atoms with Crippen molar-refractivity contribution >= 4 is 18.3 Å². The maximum absolute atomic E-state index is 12.1. The summed E-state index contributed by atoms with van der Waals surface area (Å²) in [5.74, 6) is -0.250. The highest BCUT2D eigenvalue weighted by molar-refractivity contribution is 5.85. The first-order valence-electron chi connectivity index (χ1n) is 7.70. The first kappa shape index (κ1) is 20.4. The summed E-state index contributed by atoms with van der Waals surface area (Å²) < 4.78 is 7.51. The molecule has 0 saturated carbocycles. The first-order chi connectivity index (χ1) is 11.0. The lowest BCUT2D eigenvalue weighted by molar-refractivity contribution is -0.122. The highest BCUT2D eigenvalue weighted by atomic mass is 35.5. The van der Waals surface area contributed by atoms with Crippen molar-refractivity contribution in [2.45, 2.75) is 19.4 Å². The van der Waals surface area contributed by atoms with E-state index in [9.17, 15) is 14.4 Å². The Kier molecular flexibility index (Phi) is 7.65. The molecule has 0 aromatic carbocycles. The minimum absolute atomic E-state index is 0. The smallest absolute Gasteiger partial charge is 0.331 e. The Bertz CT molecular complexity index is 659. The molecular weight excluding hydrogens is 336 g/mol. The molecule has 1 amide bonds. The second-order valence-electron chi connectivity index (χ2n) is 6.08. The van der Waals surface area contributed by atoms with Gasteiger partial charge in [0.15, 0.2) is 0 Å². The number of ether oxygens (including phenoxy) is 1. The van der Waals surface area contributed by atoms with Crippen LogP contribution >= 0.6 is 12.4 Å². The fourth-order valence-electron chi connectivity index (χ4n) is 2.87. The molecule has 9 heteroatoms. The topological polar surface area (TPSA) is 94.4 Å². The molecule has 0 bridgehead atoms. The van der Waals surface area contributed by atoms with Crippen molar-refractivity contribution < 1.29 is 9.53 Å². The van der Waals surface area contributed by atoms with E-state index in [1.54, 1.807) is 7.11 Å². The minimum atomic E-state index is -0.499. The van der Waals surface area contributed by atoms with Gasteiger partial charge in [-0.1, -0.05) is 0 Å². The zero-order chi connectivity index (χ0) is 16.9. The van der Waals surface area contributed by atoms with Crippen LogP contribution in [0.15, 0.2) is 21.9 Å². The number of piperidine rings is 1. The van der Waals surface area contributed by atoms with Gasteiger partial charge in [-0.2, -0.15) is 0 Å². The van der Waals surface area contributed by atoms with Gasteiger partial charge in [-0.15, -0.1) is 12.4 Å². The monoisotopic (exact) mass is 360 g/mol. The molecule has 2 rings (SSSR count). The van der Waals surface area contributed by atoms with Crippen molar-refractivity contribution in [3.63, 3.8) is 0 Å². The molecule has 1 fully saturated rings. The molecule has 1 aliphatic heterocycles. The van der Waals surface area contributed by atoms with Gasteiger partial charge >= 0.3 is 5.69 Å². The zero-order valence-electron chi connectivity index (χ0n) is 14.0. The summed E-state index contributed by atoms with van der Waals surface area (Å²) in [6, 6.07) is 1.27. The third-order valence-electron chi connectivity index (χ3n) is 4.35. The lowest BCUT2D eigenvalue weighted by atomic mass is 9.79. The summed E-state index contributed by atoms with van der Waals surface area (Å²) in [5, 5.41) is 6.19. The molecule has 8 nitrogen and oxygen atoms in total. The van der Waals surface area contributed by atoms with Crippen LogP contribution in [0.5, 0.6) is 0 Å². The van der Waals surface area contributed by atoms with Gasteiger partial charge in [-0.05, 0) is 25.9 Å². The van der Waals surface area contributed by atoms with E-state index < -0.39 is 5.69 Å². The second kappa shape index (κ2) is 9.00. The number of nitrogens with one attached hydrogen (secondary N) is 2. The SMILES string of the molecule is COCC1(CNC(=O)Cn2ccc(=O)n(C)c2=O)CCNCC1.Cl. The van der Waals surface area contributed by atoms with Crippen LogP contribution in [0.3, 0.4) is 0 Å². The van der Waals surface area contributed by atoms with Crippen LogP contribution in [0.4, 0.5) is 0 Å². The highest BCUT2D eigenvalue weighted by Crippen LogP contribution is 2.28. The summed E-state index contributed by atoms with van der Waals surface area (Å²) in [4.78, 5) is 35.4. The van der Waals surface area contributed by atoms with Crippen molar-refractivity contribution in [1.82, 2.24) is 19.8 Å². The molecule has 0 radical (unpaired) electrons. The number of hydrogen-bond donors (Lipinski definition) is 2. The Balaban J connectivity index is 0.00000288. The Morgan fingerprint density at radius 1 is 1.38 bits per heavy atom. The van der Waals surface area contributed by atoms with Gasteiger partial charge in [-0.25, -0.2) is 4.79 Å². The maximum atomic E-state index is 12.1. The quantitative estimate of drug-likeness (QED) is 0.685. The fourth-order valence-corrected chi connectivity index (χ4v) is 2.87. The van der Waals surface area contributed by atoms with Gasteiger partial charge in [-0.3, -0.25) is 18.7 Å². The Morgan fingerprint density at radius 2 is 2.04 bits per heavy atom. The third-order valence-corrected chi connectivity index (χ3v) is 4.35. The first-order valence-corrected chi connectivity index (χ1v) is 7.70. The van der Waals surface area contributed by atoms with Gasteiger partial charge in [0.2, 0.25) is 5.91 Å². The van der Waals surface area contributed by atoms with Crippen LogP contribution in [-0.2, 0) is 23.1 Å². The van der Waals surface area contributed by atoms with Crippen LogP contribution < -0.4 is 21.9 Å². The van der Waals surface area contributed by atoms with Crippen LogP contribution in [-0.4, -0.2) is 48.4 Å². The molecular formula is C15H25ClN4O4. The van der Waals surface area contributed by atoms with Crippen LogP contribution in [0.1, 0.15) is 12.8 Å². The van der Waals surface area contributed by atoms with E-state index in [0.717, 1.165) is 30.5 Å². The molecule has 2 heterocycles. The summed E-state index contributed by atoms with van der Waals surface area (Å²) in [7, 11) is 3.05. The Labute approximate surface area is 146 Å². The lowest BCUT2D eigenvalue weighted by Crippen LogP contribution is -2.48. The van der Waals surface area contributed by atoms with Gasteiger partial charge in [0.1, 0.15) is 6.54 Å². The number of carbonyl (C=O) groups excluding carboxylic acids is 1. The minimum Gasteiger partial charge on any atom is -0.384 e.